The van der Waals surface area contributed by atoms with Gasteiger partial charge < -0.3 is 14.6 Å². The first-order chi connectivity index (χ1) is 10.4. The Morgan fingerprint density at radius 1 is 1.18 bits per heavy atom. The number of benzene rings is 1. The number of ether oxygens (including phenoxy) is 2. The standard InChI is InChI=1S/C16H16O6/c1-8-2-3-11(18)13-7-12(19)16-9(5-15(20)21-8)4-10(17)6-14(16)22-13/h4,6,8,13,17H,2-3,5,7H2,1H3/t8-,13+/m0/s1. The van der Waals surface area contributed by atoms with Gasteiger partial charge in [0.25, 0.3) is 0 Å². The van der Waals surface area contributed by atoms with Crippen LogP contribution < -0.4 is 4.74 Å². The third-order valence-electron chi connectivity index (χ3n) is 3.91. The van der Waals surface area contributed by atoms with Gasteiger partial charge in [-0.2, -0.15) is 0 Å². The first-order valence-electron chi connectivity index (χ1n) is 7.22. The largest absolute Gasteiger partial charge is 0.508 e. The Bertz CT molecular complexity index is 663. The maximum absolute atomic E-state index is 12.3. The minimum absolute atomic E-state index is 0.0347. The van der Waals surface area contributed by atoms with E-state index in [0.29, 0.717) is 12.0 Å². The number of phenolic OH excluding ortho intramolecular Hbond substituents is 1. The van der Waals surface area contributed by atoms with E-state index >= 15 is 0 Å². The molecular formula is C16H16O6. The summed E-state index contributed by atoms with van der Waals surface area (Å²) < 4.78 is 10.8. The average molecular weight is 304 g/mol. The highest BCUT2D eigenvalue weighted by atomic mass is 16.5. The lowest BCUT2D eigenvalue weighted by Gasteiger charge is -2.27. The van der Waals surface area contributed by atoms with E-state index in [9.17, 15) is 19.5 Å². The summed E-state index contributed by atoms with van der Waals surface area (Å²) in [6.45, 7) is 1.72. The number of carbonyl (C=O) groups excluding carboxylic acids is 3. The molecule has 0 radical (unpaired) electrons. The van der Waals surface area contributed by atoms with Crippen LogP contribution in [0.5, 0.6) is 11.5 Å². The summed E-state index contributed by atoms with van der Waals surface area (Å²) >= 11 is 0. The van der Waals surface area contributed by atoms with Crippen LogP contribution in [0.1, 0.15) is 42.1 Å². The van der Waals surface area contributed by atoms with Gasteiger partial charge in [0.2, 0.25) is 0 Å². The Morgan fingerprint density at radius 2 is 1.95 bits per heavy atom. The van der Waals surface area contributed by atoms with E-state index in [4.69, 9.17) is 9.47 Å². The molecule has 3 aliphatic rings. The molecule has 3 aliphatic heterocycles. The van der Waals surface area contributed by atoms with E-state index < -0.39 is 12.1 Å². The zero-order chi connectivity index (χ0) is 15.9. The normalized spacial score (nSPS) is 25.0. The van der Waals surface area contributed by atoms with E-state index in [1.165, 1.54) is 12.1 Å². The SMILES string of the molecule is C[C@H]1CCC(=O)[C@H]2CC(=O)c3c(cc(O)cc3O2)CC(=O)O1. The number of rotatable bonds is 0. The van der Waals surface area contributed by atoms with Gasteiger partial charge in [-0.25, -0.2) is 0 Å². The Kier molecular flexibility index (Phi) is 3.60. The Hall–Kier alpha value is -2.37. The van der Waals surface area contributed by atoms with Gasteiger partial charge in [-0.05, 0) is 25.0 Å². The summed E-state index contributed by atoms with van der Waals surface area (Å²) in [6, 6.07) is 2.66. The second-order valence-electron chi connectivity index (χ2n) is 5.69. The number of Topliss-reactive ketones (excluding diaryl/α,β-unsaturated/α-hetero) is 2. The molecule has 4 bridgehead atoms. The van der Waals surface area contributed by atoms with Crippen LogP contribution in [0.15, 0.2) is 12.1 Å². The van der Waals surface area contributed by atoms with Crippen molar-refractivity contribution in [2.45, 2.75) is 44.8 Å². The van der Waals surface area contributed by atoms with Crippen LogP contribution in [0.3, 0.4) is 0 Å². The van der Waals surface area contributed by atoms with Crippen LogP contribution in [0.2, 0.25) is 0 Å². The second-order valence-corrected chi connectivity index (χ2v) is 5.69. The van der Waals surface area contributed by atoms with Crippen molar-refractivity contribution in [2.24, 2.45) is 0 Å². The molecule has 0 aliphatic carbocycles. The van der Waals surface area contributed by atoms with E-state index in [1.54, 1.807) is 6.92 Å². The molecule has 116 valence electrons. The molecule has 0 aromatic heterocycles. The zero-order valence-corrected chi connectivity index (χ0v) is 12.1. The van der Waals surface area contributed by atoms with Crippen LogP contribution in [0.25, 0.3) is 0 Å². The van der Waals surface area contributed by atoms with Gasteiger partial charge in [0.1, 0.15) is 11.5 Å². The number of esters is 1. The minimum Gasteiger partial charge on any atom is -0.508 e. The molecule has 6 nitrogen and oxygen atoms in total. The molecule has 0 fully saturated rings. The molecule has 3 heterocycles. The highest BCUT2D eigenvalue weighted by molar-refractivity contribution is 6.05. The van der Waals surface area contributed by atoms with E-state index in [2.05, 4.69) is 0 Å². The van der Waals surface area contributed by atoms with Crippen LogP contribution in [0.4, 0.5) is 0 Å². The van der Waals surface area contributed by atoms with Crippen molar-refractivity contribution < 1.29 is 29.0 Å². The van der Waals surface area contributed by atoms with Gasteiger partial charge >= 0.3 is 5.97 Å². The van der Waals surface area contributed by atoms with E-state index in [0.717, 1.165) is 0 Å². The van der Waals surface area contributed by atoms with Crippen molar-refractivity contribution in [1.82, 2.24) is 0 Å². The zero-order valence-electron chi connectivity index (χ0n) is 12.1. The third-order valence-corrected chi connectivity index (χ3v) is 3.91. The maximum atomic E-state index is 12.3. The van der Waals surface area contributed by atoms with Crippen molar-refractivity contribution in [1.29, 1.82) is 0 Å². The lowest BCUT2D eigenvalue weighted by Crippen LogP contribution is -2.36. The number of hydrogen-bond acceptors (Lipinski definition) is 6. The summed E-state index contributed by atoms with van der Waals surface area (Å²) in [5.74, 6) is -0.912. The first kappa shape index (κ1) is 14.6. The van der Waals surface area contributed by atoms with Gasteiger partial charge in [0, 0.05) is 12.5 Å². The van der Waals surface area contributed by atoms with E-state index in [1.807, 2.05) is 0 Å². The van der Waals surface area contributed by atoms with Crippen LogP contribution in [-0.2, 0) is 20.7 Å². The Morgan fingerprint density at radius 3 is 2.73 bits per heavy atom. The molecule has 2 atom stereocenters. The molecule has 1 aromatic rings. The number of hydrogen-bond donors (Lipinski definition) is 1. The molecule has 0 amide bonds. The summed E-state index contributed by atoms with van der Waals surface area (Å²) in [4.78, 5) is 36.5. The van der Waals surface area contributed by atoms with Crippen LogP contribution in [-0.4, -0.2) is 34.9 Å². The minimum atomic E-state index is -0.836. The number of carbonyl (C=O) groups is 3. The summed E-state index contributed by atoms with van der Waals surface area (Å²) in [7, 11) is 0. The van der Waals surface area contributed by atoms with Crippen molar-refractivity contribution >= 4 is 17.5 Å². The third kappa shape index (κ3) is 2.68. The lowest BCUT2D eigenvalue weighted by molar-refractivity contribution is -0.148. The summed E-state index contributed by atoms with van der Waals surface area (Å²) in [5.41, 5.74) is 0.621. The molecular weight excluding hydrogens is 288 g/mol. The second kappa shape index (κ2) is 5.44. The van der Waals surface area contributed by atoms with Crippen LogP contribution in [0, 0.1) is 0 Å². The Labute approximate surface area is 127 Å². The maximum Gasteiger partial charge on any atom is 0.310 e. The van der Waals surface area contributed by atoms with Gasteiger partial charge in [-0.15, -0.1) is 0 Å². The monoisotopic (exact) mass is 304 g/mol. The lowest BCUT2D eigenvalue weighted by atomic mass is 9.91. The highest BCUT2D eigenvalue weighted by Crippen LogP contribution is 2.35. The van der Waals surface area contributed by atoms with Gasteiger partial charge in [-0.3, -0.25) is 14.4 Å². The van der Waals surface area contributed by atoms with Gasteiger partial charge in [0.15, 0.2) is 17.7 Å². The van der Waals surface area contributed by atoms with Crippen molar-refractivity contribution in [2.75, 3.05) is 0 Å². The number of fused-ring (bicyclic) bond motifs is 7. The molecule has 1 N–H and O–H groups in total. The van der Waals surface area contributed by atoms with E-state index in [-0.39, 0.29) is 54.0 Å². The predicted octanol–water partition coefficient (Wildman–Crippen LogP) is 1.56. The Balaban J connectivity index is 2.09. The fourth-order valence-corrected chi connectivity index (χ4v) is 2.84. The quantitative estimate of drug-likeness (QED) is 0.732. The van der Waals surface area contributed by atoms with Gasteiger partial charge in [0.05, 0.1) is 24.5 Å². The van der Waals surface area contributed by atoms with Crippen LogP contribution >= 0.6 is 0 Å². The molecule has 0 saturated carbocycles. The molecule has 22 heavy (non-hydrogen) atoms. The highest BCUT2D eigenvalue weighted by Gasteiger charge is 2.34. The number of ketones is 2. The number of aromatic hydroxyl groups is 1. The van der Waals surface area contributed by atoms with Gasteiger partial charge in [-0.1, -0.05) is 0 Å². The number of phenols is 1. The average Bonchev–Trinajstić information content (AvgIpc) is 2.42. The molecule has 4 rings (SSSR count). The van der Waals surface area contributed by atoms with Crippen molar-refractivity contribution in [3.8, 4) is 11.5 Å². The molecule has 0 unspecified atom stereocenters. The molecule has 0 saturated heterocycles. The summed E-state index contributed by atoms with van der Waals surface area (Å²) in [5, 5.41) is 9.76. The predicted molar refractivity (Wildman–Crippen MR) is 75.0 cm³/mol. The first-order valence-corrected chi connectivity index (χ1v) is 7.22. The fraction of sp³-hybridized carbons (Fsp3) is 0.438. The molecule has 0 spiro atoms. The molecule has 1 aromatic carbocycles. The van der Waals surface area contributed by atoms with Crippen molar-refractivity contribution in [3.63, 3.8) is 0 Å². The van der Waals surface area contributed by atoms with Crippen molar-refractivity contribution in [3.05, 3.63) is 23.3 Å². The molecule has 6 heteroatoms. The smallest absolute Gasteiger partial charge is 0.310 e. The topological polar surface area (TPSA) is 89.9 Å². The fourth-order valence-electron chi connectivity index (χ4n) is 2.84. The summed E-state index contributed by atoms with van der Waals surface area (Å²) in [6.07, 6.45) is -0.802.